The summed E-state index contributed by atoms with van der Waals surface area (Å²) in [6.45, 7) is 4.69. The molecule has 0 aliphatic carbocycles. The van der Waals surface area contributed by atoms with E-state index in [0.29, 0.717) is 11.1 Å². The van der Waals surface area contributed by atoms with Crippen LogP contribution in [0, 0.1) is 0 Å². The molecule has 2 aromatic heterocycles. The van der Waals surface area contributed by atoms with E-state index >= 15 is 0 Å². The van der Waals surface area contributed by atoms with Gasteiger partial charge in [-0.1, -0.05) is 12.1 Å². The first-order valence-corrected chi connectivity index (χ1v) is 8.08. The van der Waals surface area contributed by atoms with Gasteiger partial charge in [-0.2, -0.15) is 0 Å². The van der Waals surface area contributed by atoms with E-state index in [4.69, 9.17) is 9.15 Å². The summed E-state index contributed by atoms with van der Waals surface area (Å²) in [4.78, 5) is 40.3. The zero-order valence-electron chi connectivity index (χ0n) is 14.7. The van der Waals surface area contributed by atoms with Crippen molar-refractivity contribution in [2.45, 2.75) is 32.9 Å². The molecule has 0 saturated heterocycles. The summed E-state index contributed by atoms with van der Waals surface area (Å²) in [5.41, 5.74) is 0.164. The molecule has 3 rings (SSSR count). The van der Waals surface area contributed by atoms with Crippen LogP contribution in [-0.2, 0) is 20.9 Å². The van der Waals surface area contributed by atoms with E-state index in [-0.39, 0.29) is 12.1 Å². The van der Waals surface area contributed by atoms with E-state index < -0.39 is 29.6 Å². The zero-order chi connectivity index (χ0) is 18.9. The number of esters is 1. The molecule has 0 saturated carbocycles. The van der Waals surface area contributed by atoms with E-state index in [1.54, 1.807) is 18.2 Å². The number of benzene rings is 1. The Kier molecular flexibility index (Phi) is 4.50. The second-order valence-corrected chi connectivity index (χ2v) is 6.91. The summed E-state index contributed by atoms with van der Waals surface area (Å²) in [5, 5.41) is 3.41. The van der Waals surface area contributed by atoms with Gasteiger partial charge < -0.3 is 14.5 Å². The maximum Gasteiger partial charge on any atom is 0.326 e. The van der Waals surface area contributed by atoms with Gasteiger partial charge in [-0.25, -0.2) is 4.98 Å². The van der Waals surface area contributed by atoms with Crippen LogP contribution in [0.4, 0.5) is 0 Å². The molecule has 0 bridgehead atoms. The maximum atomic E-state index is 12.5. The molecule has 0 fully saturated rings. The number of hydrogen-bond donors (Lipinski definition) is 1. The lowest BCUT2D eigenvalue weighted by Crippen LogP contribution is -2.43. The molecule has 0 spiro atoms. The van der Waals surface area contributed by atoms with Gasteiger partial charge in [0.2, 0.25) is 5.58 Å². The van der Waals surface area contributed by atoms with Gasteiger partial charge in [0.15, 0.2) is 6.61 Å². The molecule has 0 aliphatic rings. The molecule has 1 amide bonds. The van der Waals surface area contributed by atoms with Gasteiger partial charge in [0.05, 0.1) is 6.33 Å². The molecule has 1 N–H and O–H groups in total. The Labute approximate surface area is 148 Å². The lowest BCUT2D eigenvalue weighted by atomic mass is 10.1. The Morgan fingerprint density at radius 1 is 1.27 bits per heavy atom. The standard InChI is InChI=1S/C18H19N3O5/c1-18(2,3)20-13(22)9-25-14(23)8-21-10-19-15-11-6-4-5-7-12(11)26-16(15)17(21)24/h4-7,10H,8-9H2,1-3H3,(H,20,22). The van der Waals surface area contributed by atoms with E-state index in [9.17, 15) is 14.4 Å². The highest BCUT2D eigenvalue weighted by molar-refractivity contribution is 6.01. The molecule has 3 aromatic rings. The Hall–Kier alpha value is -3.16. The zero-order valence-corrected chi connectivity index (χ0v) is 14.7. The van der Waals surface area contributed by atoms with Crippen LogP contribution in [0.1, 0.15) is 20.8 Å². The summed E-state index contributed by atoms with van der Waals surface area (Å²) >= 11 is 0. The van der Waals surface area contributed by atoms with Crippen LogP contribution < -0.4 is 10.9 Å². The van der Waals surface area contributed by atoms with Crippen molar-refractivity contribution in [3.05, 3.63) is 40.9 Å². The lowest BCUT2D eigenvalue weighted by Gasteiger charge is -2.20. The number of carbonyl (C=O) groups is 2. The minimum absolute atomic E-state index is 0.0759. The number of ether oxygens (including phenoxy) is 1. The highest BCUT2D eigenvalue weighted by Crippen LogP contribution is 2.23. The molecule has 136 valence electrons. The molecule has 8 heteroatoms. The number of rotatable bonds is 4. The highest BCUT2D eigenvalue weighted by atomic mass is 16.5. The van der Waals surface area contributed by atoms with E-state index in [1.807, 2.05) is 26.8 Å². The third-order valence-electron chi connectivity index (χ3n) is 3.53. The summed E-state index contributed by atoms with van der Waals surface area (Å²) in [6, 6.07) is 7.16. The minimum atomic E-state index is -0.714. The summed E-state index contributed by atoms with van der Waals surface area (Å²) in [5.74, 6) is -1.13. The molecule has 1 aromatic carbocycles. The number of carbonyl (C=O) groups excluding carboxylic acids is 2. The smallest absolute Gasteiger partial charge is 0.326 e. The Balaban J connectivity index is 1.74. The van der Waals surface area contributed by atoms with E-state index in [2.05, 4.69) is 10.3 Å². The van der Waals surface area contributed by atoms with Gasteiger partial charge in [-0.05, 0) is 32.9 Å². The van der Waals surface area contributed by atoms with Crippen molar-refractivity contribution >= 4 is 33.9 Å². The molecule has 0 aliphatic heterocycles. The minimum Gasteiger partial charge on any atom is -0.454 e. The van der Waals surface area contributed by atoms with Crippen molar-refractivity contribution in [2.24, 2.45) is 0 Å². The monoisotopic (exact) mass is 357 g/mol. The fourth-order valence-electron chi connectivity index (χ4n) is 2.51. The van der Waals surface area contributed by atoms with Gasteiger partial charge in [-0.3, -0.25) is 19.0 Å². The van der Waals surface area contributed by atoms with Crippen molar-refractivity contribution in [3.63, 3.8) is 0 Å². The van der Waals surface area contributed by atoms with Crippen molar-refractivity contribution in [3.8, 4) is 0 Å². The quantitative estimate of drug-likeness (QED) is 0.712. The third kappa shape index (κ3) is 3.74. The summed E-state index contributed by atoms with van der Waals surface area (Å²) in [7, 11) is 0. The highest BCUT2D eigenvalue weighted by Gasteiger charge is 2.17. The van der Waals surface area contributed by atoms with Crippen LogP contribution >= 0.6 is 0 Å². The van der Waals surface area contributed by atoms with Crippen LogP contribution in [0.5, 0.6) is 0 Å². The van der Waals surface area contributed by atoms with Gasteiger partial charge in [-0.15, -0.1) is 0 Å². The van der Waals surface area contributed by atoms with Crippen LogP contribution in [0.2, 0.25) is 0 Å². The Bertz CT molecular complexity index is 1040. The van der Waals surface area contributed by atoms with E-state index in [0.717, 1.165) is 9.95 Å². The van der Waals surface area contributed by atoms with Crippen molar-refractivity contribution < 1.29 is 18.7 Å². The second kappa shape index (κ2) is 6.62. The molecule has 2 heterocycles. The fraction of sp³-hybridized carbons (Fsp3) is 0.333. The van der Waals surface area contributed by atoms with Gasteiger partial charge in [0.25, 0.3) is 11.5 Å². The molecular weight excluding hydrogens is 338 g/mol. The number of furan rings is 1. The number of fused-ring (bicyclic) bond motifs is 3. The molecule has 8 nitrogen and oxygen atoms in total. The van der Waals surface area contributed by atoms with Gasteiger partial charge in [0.1, 0.15) is 17.6 Å². The normalized spacial score (nSPS) is 11.7. The molecule has 26 heavy (non-hydrogen) atoms. The lowest BCUT2D eigenvalue weighted by molar-refractivity contribution is -0.149. The first-order valence-electron chi connectivity index (χ1n) is 8.08. The van der Waals surface area contributed by atoms with Crippen LogP contribution in [0.3, 0.4) is 0 Å². The van der Waals surface area contributed by atoms with Gasteiger partial charge >= 0.3 is 5.97 Å². The van der Waals surface area contributed by atoms with Crippen LogP contribution in [-0.4, -0.2) is 33.6 Å². The van der Waals surface area contributed by atoms with Crippen LogP contribution in [0.25, 0.3) is 22.1 Å². The Morgan fingerprint density at radius 2 is 2.00 bits per heavy atom. The van der Waals surface area contributed by atoms with Crippen molar-refractivity contribution in [1.29, 1.82) is 0 Å². The predicted octanol–water partition coefficient (Wildman–Crippen LogP) is 1.60. The molecular formula is C18H19N3O5. The first kappa shape index (κ1) is 17.7. The number of amides is 1. The summed E-state index contributed by atoms with van der Waals surface area (Å²) < 4.78 is 11.5. The summed E-state index contributed by atoms with van der Waals surface area (Å²) in [6.07, 6.45) is 1.27. The SMILES string of the molecule is CC(C)(C)NC(=O)COC(=O)Cn1cnc2c(oc3ccccc32)c1=O. The molecule has 0 unspecified atom stereocenters. The number of aromatic nitrogens is 2. The number of nitrogens with zero attached hydrogens (tertiary/aromatic N) is 2. The number of nitrogens with one attached hydrogen (secondary N) is 1. The number of hydrogen-bond acceptors (Lipinski definition) is 6. The fourth-order valence-corrected chi connectivity index (χ4v) is 2.51. The van der Waals surface area contributed by atoms with Crippen LogP contribution in [0.15, 0.2) is 39.8 Å². The predicted molar refractivity (Wildman–Crippen MR) is 94.6 cm³/mol. The first-order chi connectivity index (χ1) is 12.2. The Morgan fingerprint density at radius 3 is 2.73 bits per heavy atom. The van der Waals surface area contributed by atoms with Crippen molar-refractivity contribution in [1.82, 2.24) is 14.9 Å². The largest absolute Gasteiger partial charge is 0.454 e. The third-order valence-corrected chi connectivity index (χ3v) is 3.53. The average molecular weight is 357 g/mol. The number of para-hydroxylation sites is 1. The second-order valence-electron chi connectivity index (χ2n) is 6.91. The van der Waals surface area contributed by atoms with Crippen molar-refractivity contribution in [2.75, 3.05) is 6.61 Å². The maximum absolute atomic E-state index is 12.5. The molecule has 0 radical (unpaired) electrons. The average Bonchev–Trinajstić information content (AvgIpc) is 2.94. The van der Waals surface area contributed by atoms with E-state index in [1.165, 1.54) is 6.33 Å². The topological polar surface area (TPSA) is 103 Å². The van der Waals surface area contributed by atoms with Gasteiger partial charge in [0, 0.05) is 10.9 Å². The molecule has 0 atom stereocenters.